The van der Waals surface area contributed by atoms with Gasteiger partial charge in [0.05, 0.1) is 0 Å². The summed E-state index contributed by atoms with van der Waals surface area (Å²) in [5.74, 6) is 0. The molecule has 0 aliphatic heterocycles. The van der Waals surface area contributed by atoms with Gasteiger partial charge in [0, 0.05) is 16.8 Å². The van der Waals surface area contributed by atoms with Crippen LogP contribution in [0.2, 0.25) is 0 Å². The molecule has 0 fully saturated rings. The summed E-state index contributed by atoms with van der Waals surface area (Å²) in [5.41, 5.74) is -0.341. The van der Waals surface area contributed by atoms with Gasteiger partial charge in [0.2, 0.25) is 0 Å². The molecule has 0 bridgehead atoms. The van der Waals surface area contributed by atoms with E-state index in [0.29, 0.717) is 0 Å². The SMILES string of the molecule is CC(C)(C)NS(=O)[O-]. The molecule has 0 aromatic carbocycles. The molecule has 1 unspecified atom stereocenters. The van der Waals surface area contributed by atoms with Gasteiger partial charge in [-0.25, -0.2) is 4.72 Å². The van der Waals surface area contributed by atoms with Crippen LogP contribution >= 0.6 is 0 Å². The third kappa shape index (κ3) is 6.07. The maximum atomic E-state index is 9.90. The molecule has 0 saturated carbocycles. The Balaban J connectivity index is 3.55. The second kappa shape index (κ2) is 2.57. The van der Waals surface area contributed by atoms with Gasteiger partial charge in [0.1, 0.15) is 0 Å². The Morgan fingerprint density at radius 1 is 1.50 bits per heavy atom. The Morgan fingerprint density at radius 2 is 1.88 bits per heavy atom. The van der Waals surface area contributed by atoms with Crippen molar-refractivity contribution in [2.75, 3.05) is 0 Å². The van der Waals surface area contributed by atoms with E-state index in [0.717, 1.165) is 0 Å². The largest absolute Gasteiger partial charge is 0.760 e. The summed E-state index contributed by atoms with van der Waals surface area (Å²) in [4.78, 5) is 0. The predicted octanol–water partition coefficient (Wildman–Crippen LogP) is 0.169. The summed E-state index contributed by atoms with van der Waals surface area (Å²) in [6.07, 6.45) is 0. The zero-order valence-corrected chi connectivity index (χ0v) is 6.04. The van der Waals surface area contributed by atoms with E-state index in [2.05, 4.69) is 4.72 Å². The molecule has 0 radical (unpaired) electrons. The monoisotopic (exact) mass is 136 g/mol. The fraction of sp³-hybridized carbons (Fsp3) is 1.00. The Bertz CT molecular complexity index is 96.7. The van der Waals surface area contributed by atoms with Crippen molar-refractivity contribution in [1.29, 1.82) is 0 Å². The normalized spacial score (nSPS) is 16.0. The van der Waals surface area contributed by atoms with Crippen molar-refractivity contribution in [2.24, 2.45) is 0 Å². The fourth-order valence-corrected chi connectivity index (χ4v) is 0.750. The van der Waals surface area contributed by atoms with Crippen molar-refractivity contribution < 1.29 is 8.76 Å². The summed E-state index contributed by atoms with van der Waals surface area (Å²) < 4.78 is 22.1. The summed E-state index contributed by atoms with van der Waals surface area (Å²) in [6.45, 7) is 5.34. The molecule has 0 spiro atoms. The minimum atomic E-state index is -2.14. The van der Waals surface area contributed by atoms with Crippen molar-refractivity contribution >= 4 is 11.3 Å². The predicted molar refractivity (Wildman–Crippen MR) is 31.8 cm³/mol. The summed E-state index contributed by atoms with van der Waals surface area (Å²) in [7, 11) is 0. The molecule has 50 valence electrons. The first-order chi connectivity index (χ1) is 3.42. The highest BCUT2D eigenvalue weighted by Gasteiger charge is 2.06. The zero-order chi connectivity index (χ0) is 6.78. The van der Waals surface area contributed by atoms with Gasteiger partial charge in [0.25, 0.3) is 0 Å². The van der Waals surface area contributed by atoms with Crippen LogP contribution in [0.25, 0.3) is 0 Å². The lowest BCUT2D eigenvalue weighted by molar-refractivity contribution is 0.463. The fourth-order valence-electron chi connectivity index (χ4n) is 0.250. The smallest absolute Gasteiger partial charge is 0.0211 e. The molecule has 3 nitrogen and oxygen atoms in total. The van der Waals surface area contributed by atoms with E-state index in [1.165, 1.54) is 0 Å². The molecule has 0 saturated heterocycles. The van der Waals surface area contributed by atoms with Gasteiger partial charge in [-0.15, -0.1) is 0 Å². The van der Waals surface area contributed by atoms with Crippen molar-refractivity contribution in [2.45, 2.75) is 26.3 Å². The standard InChI is InChI=1S/C4H11NO2S/c1-4(2,3)5-8(6)7/h5H,1-3H3,(H,6,7)/p-1. The van der Waals surface area contributed by atoms with Crippen molar-refractivity contribution in [3.05, 3.63) is 0 Å². The summed E-state index contributed by atoms with van der Waals surface area (Å²) >= 11 is -2.14. The topological polar surface area (TPSA) is 52.2 Å². The van der Waals surface area contributed by atoms with Crippen LogP contribution < -0.4 is 4.72 Å². The molecule has 0 aromatic rings. The lowest BCUT2D eigenvalue weighted by Gasteiger charge is -2.21. The average Bonchev–Trinajstić information content (AvgIpc) is 1.21. The van der Waals surface area contributed by atoms with E-state index in [9.17, 15) is 8.76 Å². The van der Waals surface area contributed by atoms with Gasteiger partial charge in [-0.3, -0.25) is 4.21 Å². The molecule has 0 aromatic heterocycles. The molecule has 0 aliphatic carbocycles. The third-order valence-corrected chi connectivity index (χ3v) is 1.17. The molecule has 1 atom stereocenters. The van der Waals surface area contributed by atoms with Gasteiger partial charge >= 0.3 is 0 Å². The van der Waals surface area contributed by atoms with E-state index in [4.69, 9.17) is 0 Å². The maximum Gasteiger partial charge on any atom is 0.0211 e. The second-order valence-electron chi connectivity index (χ2n) is 2.59. The molecule has 0 rings (SSSR count). The first-order valence-corrected chi connectivity index (χ1v) is 3.36. The number of hydrogen-bond donors (Lipinski definition) is 1. The minimum Gasteiger partial charge on any atom is -0.760 e. The quantitative estimate of drug-likeness (QED) is 0.522. The van der Waals surface area contributed by atoms with Gasteiger partial charge < -0.3 is 4.55 Å². The molecule has 0 heterocycles. The van der Waals surface area contributed by atoms with Crippen molar-refractivity contribution in [3.8, 4) is 0 Å². The van der Waals surface area contributed by atoms with Gasteiger partial charge in [-0.05, 0) is 20.8 Å². The average molecular weight is 136 g/mol. The molecular weight excluding hydrogens is 126 g/mol. The second-order valence-corrected chi connectivity index (χ2v) is 3.26. The van der Waals surface area contributed by atoms with E-state index < -0.39 is 11.3 Å². The summed E-state index contributed by atoms with van der Waals surface area (Å²) in [5, 5.41) is 0. The molecule has 4 heteroatoms. The van der Waals surface area contributed by atoms with Gasteiger partial charge in [-0.2, -0.15) is 0 Å². The van der Waals surface area contributed by atoms with Crippen LogP contribution in [0.15, 0.2) is 0 Å². The first-order valence-electron chi connectivity index (χ1n) is 2.29. The molecule has 1 N–H and O–H groups in total. The van der Waals surface area contributed by atoms with E-state index >= 15 is 0 Å². The highest BCUT2D eigenvalue weighted by Crippen LogP contribution is 1.97. The Morgan fingerprint density at radius 3 is 1.88 bits per heavy atom. The minimum absolute atomic E-state index is 0.341. The highest BCUT2D eigenvalue weighted by atomic mass is 32.2. The Kier molecular flexibility index (Phi) is 2.59. The van der Waals surface area contributed by atoms with Crippen LogP contribution in [-0.4, -0.2) is 14.3 Å². The molecular formula is C4H10NO2S-. The molecule has 0 aliphatic rings. The van der Waals surface area contributed by atoms with Crippen LogP contribution in [0.5, 0.6) is 0 Å². The van der Waals surface area contributed by atoms with Crippen LogP contribution in [0.4, 0.5) is 0 Å². The molecule has 0 amide bonds. The molecule has 8 heavy (non-hydrogen) atoms. The van der Waals surface area contributed by atoms with Crippen LogP contribution in [-0.2, 0) is 11.3 Å². The van der Waals surface area contributed by atoms with Crippen molar-refractivity contribution in [3.63, 3.8) is 0 Å². The van der Waals surface area contributed by atoms with E-state index in [1.54, 1.807) is 20.8 Å². The van der Waals surface area contributed by atoms with Crippen LogP contribution in [0.3, 0.4) is 0 Å². The van der Waals surface area contributed by atoms with Crippen molar-refractivity contribution in [1.82, 2.24) is 4.72 Å². The lowest BCUT2D eigenvalue weighted by atomic mass is 10.1. The van der Waals surface area contributed by atoms with Crippen LogP contribution in [0.1, 0.15) is 20.8 Å². The van der Waals surface area contributed by atoms with E-state index in [-0.39, 0.29) is 5.54 Å². The first kappa shape index (κ1) is 8.07. The maximum absolute atomic E-state index is 9.90. The number of hydrogen-bond acceptors (Lipinski definition) is 2. The number of rotatable bonds is 1. The van der Waals surface area contributed by atoms with E-state index in [1.807, 2.05) is 0 Å². The van der Waals surface area contributed by atoms with Gasteiger partial charge in [-0.1, -0.05) is 0 Å². The Labute approximate surface area is 51.9 Å². The summed E-state index contributed by atoms with van der Waals surface area (Å²) in [6, 6.07) is 0. The highest BCUT2D eigenvalue weighted by molar-refractivity contribution is 7.77. The zero-order valence-electron chi connectivity index (χ0n) is 5.22. The number of nitrogens with one attached hydrogen (secondary N) is 1. The Hall–Kier alpha value is 0.0700. The third-order valence-electron chi connectivity index (χ3n) is 0.390. The van der Waals surface area contributed by atoms with Crippen LogP contribution in [0, 0.1) is 0 Å². The van der Waals surface area contributed by atoms with Gasteiger partial charge in [0.15, 0.2) is 0 Å². The lowest BCUT2D eigenvalue weighted by Crippen LogP contribution is -2.36.